The molecule has 0 spiro atoms. The molecule has 0 aromatic heterocycles. The maximum absolute atomic E-state index is 11.1. The zero-order chi connectivity index (χ0) is 13.4. The van der Waals surface area contributed by atoms with E-state index in [1.807, 2.05) is 6.92 Å². The standard InChI is InChI=1S/C13H19N3O2/c1-4-10(2)13(14-3)8-15-7-11-5-6-12(17)9-18-16-11/h4,15H,1,3,5-9H2,2H3/b13-10+. The molecule has 1 N–H and O–H groups in total. The smallest absolute Gasteiger partial charge is 0.175 e. The summed E-state index contributed by atoms with van der Waals surface area (Å²) in [5.41, 5.74) is 2.70. The van der Waals surface area contributed by atoms with Gasteiger partial charge in [-0.15, -0.1) is 0 Å². The molecule has 0 saturated heterocycles. The Morgan fingerprint density at radius 2 is 2.39 bits per heavy atom. The van der Waals surface area contributed by atoms with Crippen molar-refractivity contribution in [1.29, 1.82) is 0 Å². The Hall–Kier alpha value is -1.75. The molecular formula is C13H19N3O2. The fraction of sp³-hybridized carbons (Fsp3) is 0.462. The van der Waals surface area contributed by atoms with Crippen molar-refractivity contribution in [2.24, 2.45) is 10.1 Å². The number of nitrogens with one attached hydrogen (secondary N) is 1. The molecule has 0 aromatic rings. The highest BCUT2D eigenvalue weighted by molar-refractivity contribution is 5.91. The van der Waals surface area contributed by atoms with E-state index in [0.717, 1.165) is 17.0 Å². The number of aliphatic imine (C=N–C) groups is 1. The summed E-state index contributed by atoms with van der Waals surface area (Å²) in [5.74, 6) is 0.0876. The number of oxime groups is 1. The van der Waals surface area contributed by atoms with Gasteiger partial charge in [-0.25, -0.2) is 0 Å². The highest BCUT2D eigenvalue weighted by Gasteiger charge is 2.11. The third-order valence-electron chi connectivity index (χ3n) is 2.69. The van der Waals surface area contributed by atoms with Crippen LogP contribution in [0.25, 0.3) is 0 Å². The van der Waals surface area contributed by atoms with Crippen LogP contribution in [0, 0.1) is 0 Å². The van der Waals surface area contributed by atoms with Gasteiger partial charge in [-0.2, -0.15) is 0 Å². The fourth-order valence-electron chi connectivity index (χ4n) is 1.48. The molecule has 5 heteroatoms. The van der Waals surface area contributed by atoms with Gasteiger partial charge in [0.25, 0.3) is 0 Å². The van der Waals surface area contributed by atoms with Gasteiger partial charge in [0.1, 0.15) is 0 Å². The summed E-state index contributed by atoms with van der Waals surface area (Å²) < 4.78 is 0. The summed E-state index contributed by atoms with van der Waals surface area (Å²) in [6.07, 6.45) is 2.89. The van der Waals surface area contributed by atoms with E-state index in [1.54, 1.807) is 6.08 Å². The molecule has 0 saturated carbocycles. The first-order valence-corrected chi connectivity index (χ1v) is 5.86. The number of hydrogen-bond acceptors (Lipinski definition) is 5. The van der Waals surface area contributed by atoms with E-state index in [-0.39, 0.29) is 12.4 Å². The lowest BCUT2D eigenvalue weighted by Gasteiger charge is -2.07. The van der Waals surface area contributed by atoms with Crippen molar-refractivity contribution in [3.05, 3.63) is 23.9 Å². The fourth-order valence-corrected chi connectivity index (χ4v) is 1.48. The van der Waals surface area contributed by atoms with Crippen LogP contribution < -0.4 is 5.32 Å². The maximum Gasteiger partial charge on any atom is 0.175 e. The molecule has 1 heterocycles. The molecule has 0 fully saturated rings. The lowest BCUT2D eigenvalue weighted by Crippen LogP contribution is -2.25. The summed E-state index contributed by atoms with van der Waals surface area (Å²) in [5, 5.41) is 7.11. The van der Waals surface area contributed by atoms with E-state index in [2.05, 4.69) is 28.8 Å². The van der Waals surface area contributed by atoms with Gasteiger partial charge >= 0.3 is 0 Å². The number of hydrogen-bond donors (Lipinski definition) is 1. The van der Waals surface area contributed by atoms with Gasteiger partial charge in [0.05, 0.1) is 11.4 Å². The zero-order valence-electron chi connectivity index (χ0n) is 10.7. The Bertz CT molecular complexity index is 397. The number of Topliss-reactive ketones (excluding diaryl/α,β-unsaturated/α-hetero) is 1. The van der Waals surface area contributed by atoms with Crippen LogP contribution in [-0.2, 0) is 9.63 Å². The van der Waals surface area contributed by atoms with Crippen LogP contribution in [0.2, 0.25) is 0 Å². The second-order valence-corrected chi connectivity index (χ2v) is 4.07. The van der Waals surface area contributed by atoms with Gasteiger partial charge in [-0.1, -0.05) is 17.8 Å². The van der Waals surface area contributed by atoms with Crippen LogP contribution in [0.4, 0.5) is 0 Å². The first kappa shape index (κ1) is 14.3. The number of carbonyl (C=O) groups is 1. The molecule has 0 aliphatic carbocycles. The van der Waals surface area contributed by atoms with Crippen molar-refractivity contribution in [2.75, 3.05) is 19.7 Å². The predicted octanol–water partition coefficient (Wildman–Crippen LogP) is 1.47. The number of ketones is 1. The van der Waals surface area contributed by atoms with Crippen LogP contribution in [0.15, 0.2) is 34.1 Å². The first-order chi connectivity index (χ1) is 8.67. The molecule has 1 aliphatic heterocycles. The minimum absolute atomic E-state index is 0.0818. The van der Waals surface area contributed by atoms with E-state index < -0.39 is 0 Å². The van der Waals surface area contributed by atoms with Gasteiger partial charge in [-0.3, -0.25) is 9.79 Å². The third-order valence-corrected chi connectivity index (χ3v) is 2.69. The van der Waals surface area contributed by atoms with Crippen molar-refractivity contribution < 1.29 is 9.63 Å². The molecule has 0 atom stereocenters. The average Bonchev–Trinajstić information content (AvgIpc) is 2.59. The largest absolute Gasteiger partial charge is 0.388 e. The third kappa shape index (κ3) is 4.63. The van der Waals surface area contributed by atoms with Crippen LogP contribution in [0.1, 0.15) is 19.8 Å². The quantitative estimate of drug-likeness (QED) is 0.572. The number of allylic oxidation sites excluding steroid dienone is 2. The van der Waals surface area contributed by atoms with Crippen LogP contribution in [0.5, 0.6) is 0 Å². The van der Waals surface area contributed by atoms with Crippen LogP contribution in [0.3, 0.4) is 0 Å². The highest BCUT2D eigenvalue weighted by Crippen LogP contribution is 2.05. The monoisotopic (exact) mass is 249 g/mol. The van der Waals surface area contributed by atoms with Crippen molar-refractivity contribution in [2.45, 2.75) is 19.8 Å². The SMILES string of the molecule is C=C/C(C)=C(\CNCC1=NOCC(=O)CC1)N=C. The lowest BCUT2D eigenvalue weighted by molar-refractivity contribution is -0.122. The Morgan fingerprint density at radius 1 is 1.61 bits per heavy atom. The normalized spacial score (nSPS) is 17.2. The van der Waals surface area contributed by atoms with Gasteiger partial charge in [0, 0.05) is 19.5 Å². The number of carbonyl (C=O) groups excluding carboxylic acids is 1. The molecule has 0 bridgehead atoms. The Balaban J connectivity index is 2.41. The molecule has 1 rings (SSSR count). The van der Waals surface area contributed by atoms with Crippen molar-refractivity contribution in [3.63, 3.8) is 0 Å². The topological polar surface area (TPSA) is 63.1 Å². The Labute approximate surface area is 107 Å². The van der Waals surface area contributed by atoms with E-state index in [1.165, 1.54) is 0 Å². The minimum Gasteiger partial charge on any atom is -0.388 e. The molecule has 0 radical (unpaired) electrons. The van der Waals surface area contributed by atoms with E-state index in [4.69, 9.17) is 4.84 Å². The molecular weight excluding hydrogens is 230 g/mol. The number of rotatable bonds is 6. The maximum atomic E-state index is 11.1. The molecule has 0 aromatic carbocycles. The molecule has 98 valence electrons. The van der Waals surface area contributed by atoms with Gasteiger partial charge in [0.2, 0.25) is 0 Å². The summed E-state index contributed by atoms with van der Waals surface area (Å²) >= 11 is 0. The lowest BCUT2D eigenvalue weighted by atomic mass is 10.1. The van der Waals surface area contributed by atoms with Crippen LogP contribution in [-0.4, -0.2) is 37.9 Å². The van der Waals surface area contributed by atoms with Gasteiger partial charge < -0.3 is 10.2 Å². The summed E-state index contributed by atoms with van der Waals surface area (Å²) in [6.45, 7) is 10.4. The molecule has 18 heavy (non-hydrogen) atoms. The Morgan fingerprint density at radius 3 is 3.06 bits per heavy atom. The average molecular weight is 249 g/mol. The molecule has 5 nitrogen and oxygen atoms in total. The molecule has 0 amide bonds. The van der Waals surface area contributed by atoms with E-state index in [0.29, 0.717) is 25.9 Å². The second-order valence-electron chi connectivity index (χ2n) is 4.07. The number of nitrogens with zero attached hydrogens (tertiary/aromatic N) is 2. The second kappa shape index (κ2) is 7.55. The van der Waals surface area contributed by atoms with Gasteiger partial charge in [0.15, 0.2) is 12.4 Å². The summed E-state index contributed by atoms with van der Waals surface area (Å²) in [6, 6.07) is 0. The van der Waals surface area contributed by atoms with Crippen molar-refractivity contribution >= 4 is 18.2 Å². The molecule has 0 unspecified atom stereocenters. The predicted molar refractivity (Wildman–Crippen MR) is 72.9 cm³/mol. The van der Waals surface area contributed by atoms with E-state index >= 15 is 0 Å². The van der Waals surface area contributed by atoms with Gasteiger partial charge in [-0.05, 0) is 25.6 Å². The van der Waals surface area contributed by atoms with Crippen molar-refractivity contribution in [3.8, 4) is 0 Å². The molecule has 1 aliphatic rings. The summed E-state index contributed by atoms with van der Waals surface area (Å²) in [4.78, 5) is 20.0. The summed E-state index contributed by atoms with van der Waals surface area (Å²) in [7, 11) is 0. The highest BCUT2D eigenvalue weighted by atomic mass is 16.6. The zero-order valence-corrected chi connectivity index (χ0v) is 10.7. The first-order valence-electron chi connectivity index (χ1n) is 5.86. The Kier molecular flexibility index (Phi) is 6.00. The van der Waals surface area contributed by atoms with Crippen LogP contribution >= 0.6 is 0 Å². The van der Waals surface area contributed by atoms with Crippen molar-refractivity contribution in [1.82, 2.24) is 5.32 Å². The minimum atomic E-state index is 0.0818. The van der Waals surface area contributed by atoms with E-state index in [9.17, 15) is 4.79 Å².